The molecule has 0 spiro atoms. The van der Waals surface area contributed by atoms with E-state index in [0.29, 0.717) is 11.8 Å². The van der Waals surface area contributed by atoms with Gasteiger partial charge in [0.25, 0.3) is 0 Å². The molecule has 1 aliphatic rings. The lowest BCUT2D eigenvalue weighted by Crippen LogP contribution is -2.55. The van der Waals surface area contributed by atoms with Gasteiger partial charge < -0.3 is 10.6 Å². The fourth-order valence-corrected chi connectivity index (χ4v) is 2.12. The van der Waals surface area contributed by atoms with E-state index in [2.05, 4.69) is 13.8 Å². The smallest absolute Gasteiger partial charge is 0.242 e. The highest BCUT2D eigenvalue weighted by atomic mass is 16.2. The molecular weight excluding hydrogens is 200 g/mol. The number of nitrogens with zero attached hydrogens (tertiary/aromatic N) is 1. The third kappa shape index (κ3) is 2.76. The number of amides is 1. The van der Waals surface area contributed by atoms with Crippen LogP contribution in [0.2, 0.25) is 0 Å². The van der Waals surface area contributed by atoms with Crippen LogP contribution >= 0.6 is 0 Å². The Morgan fingerprint density at radius 3 is 2.25 bits per heavy atom. The summed E-state index contributed by atoms with van der Waals surface area (Å²) < 4.78 is 0. The second-order valence-corrected chi connectivity index (χ2v) is 5.73. The molecule has 0 saturated carbocycles. The van der Waals surface area contributed by atoms with Crippen LogP contribution in [0.4, 0.5) is 0 Å². The van der Waals surface area contributed by atoms with Crippen molar-refractivity contribution >= 4 is 5.91 Å². The van der Waals surface area contributed by atoms with Gasteiger partial charge in [-0.2, -0.15) is 0 Å². The molecule has 1 rings (SSSR count). The maximum atomic E-state index is 12.2. The van der Waals surface area contributed by atoms with Crippen molar-refractivity contribution in [2.75, 3.05) is 13.1 Å². The minimum Gasteiger partial charge on any atom is -0.341 e. The van der Waals surface area contributed by atoms with Crippen molar-refractivity contribution in [3.8, 4) is 0 Å². The van der Waals surface area contributed by atoms with Gasteiger partial charge in [-0.3, -0.25) is 4.79 Å². The molecule has 94 valence electrons. The Kier molecular flexibility index (Phi) is 4.00. The van der Waals surface area contributed by atoms with Crippen molar-refractivity contribution < 1.29 is 4.79 Å². The molecular formula is C13H26N2O. The number of piperidine rings is 1. The molecule has 0 aromatic heterocycles. The molecule has 0 aromatic rings. The number of likely N-dealkylation sites (tertiary alicyclic amines) is 1. The molecule has 3 heteroatoms. The normalized spacial score (nSPS) is 23.9. The number of carbonyl (C=O) groups is 1. The van der Waals surface area contributed by atoms with Gasteiger partial charge in [-0.05, 0) is 31.6 Å². The van der Waals surface area contributed by atoms with Gasteiger partial charge in [0.2, 0.25) is 5.91 Å². The van der Waals surface area contributed by atoms with Gasteiger partial charge >= 0.3 is 0 Å². The van der Waals surface area contributed by atoms with Gasteiger partial charge in [0, 0.05) is 13.1 Å². The second-order valence-electron chi connectivity index (χ2n) is 5.73. The van der Waals surface area contributed by atoms with Gasteiger partial charge in [0.05, 0.1) is 5.54 Å². The van der Waals surface area contributed by atoms with Crippen LogP contribution in [-0.4, -0.2) is 29.4 Å². The number of carbonyl (C=O) groups excluding carboxylic acids is 1. The summed E-state index contributed by atoms with van der Waals surface area (Å²) in [5.74, 6) is 0.119. The number of hydrogen-bond donors (Lipinski definition) is 1. The molecule has 1 saturated heterocycles. The monoisotopic (exact) mass is 226 g/mol. The van der Waals surface area contributed by atoms with E-state index in [-0.39, 0.29) is 5.91 Å². The zero-order chi connectivity index (χ0) is 12.4. The average molecular weight is 226 g/mol. The average Bonchev–Trinajstić information content (AvgIpc) is 2.29. The SMILES string of the molecule is CCC1(C)CCN(C(=O)C(C)(N)CC)CC1. The Hall–Kier alpha value is -0.570. The van der Waals surface area contributed by atoms with Crippen LogP contribution in [0, 0.1) is 5.41 Å². The third-order valence-electron chi connectivity index (χ3n) is 4.33. The highest BCUT2D eigenvalue weighted by molar-refractivity contribution is 5.85. The minimum atomic E-state index is -0.681. The minimum absolute atomic E-state index is 0.119. The molecule has 1 fully saturated rings. The quantitative estimate of drug-likeness (QED) is 0.801. The first-order valence-corrected chi connectivity index (χ1v) is 6.43. The van der Waals surface area contributed by atoms with Crippen molar-refractivity contribution in [2.24, 2.45) is 11.1 Å². The van der Waals surface area contributed by atoms with E-state index >= 15 is 0 Å². The van der Waals surface area contributed by atoms with Crippen LogP contribution in [0.25, 0.3) is 0 Å². The predicted molar refractivity (Wildman–Crippen MR) is 67.1 cm³/mol. The van der Waals surface area contributed by atoms with Gasteiger partial charge in [-0.15, -0.1) is 0 Å². The molecule has 1 aliphatic heterocycles. The number of rotatable bonds is 3. The van der Waals surface area contributed by atoms with Crippen LogP contribution in [0.3, 0.4) is 0 Å². The maximum absolute atomic E-state index is 12.2. The zero-order valence-electron chi connectivity index (χ0n) is 11.2. The lowest BCUT2D eigenvalue weighted by Gasteiger charge is -2.41. The molecule has 1 unspecified atom stereocenters. The highest BCUT2D eigenvalue weighted by Gasteiger charge is 2.35. The summed E-state index contributed by atoms with van der Waals surface area (Å²) in [5, 5.41) is 0. The van der Waals surface area contributed by atoms with E-state index in [1.165, 1.54) is 6.42 Å². The van der Waals surface area contributed by atoms with E-state index in [9.17, 15) is 4.79 Å². The predicted octanol–water partition coefficient (Wildman–Crippen LogP) is 2.15. The fraction of sp³-hybridized carbons (Fsp3) is 0.923. The van der Waals surface area contributed by atoms with Crippen LogP contribution in [0.1, 0.15) is 53.4 Å². The summed E-state index contributed by atoms with van der Waals surface area (Å²) in [6.07, 6.45) is 4.11. The maximum Gasteiger partial charge on any atom is 0.242 e. The van der Waals surface area contributed by atoms with Crippen LogP contribution in [0.15, 0.2) is 0 Å². The van der Waals surface area contributed by atoms with Crippen molar-refractivity contribution in [2.45, 2.75) is 58.9 Å². The zero-order valence-corrected chi connectivity index (χ0v) is 11.2. The Morgan fingerprint density at radius 2 is 1.88 bits per heavy atom. The fourth-order valence-electron chi connectivity index (χ4n) is 2.12. The summed E-state index contributed by atoms with van der Waals surface area (Å²) >= 11 is 0. The Labute approximate surface area is 99.4 Å². The van der Waals surface area contributed by atoms with Gasteiger partial charge in [0.1, 0.15) is 0 Å². The van der Waals surface area contributed by atoms with Gasteiger partial charge in [0.15, 0.2) is 0 Å². The summed E-state index contributed by atoms with van der Waals surface area (Å²) in [4.78, 5) is 14.1. The molecule has 1 heterocycles. The van der Waals surface area contributed by atoms with Crippen molar-refractivity contribution in [3.63, 3.8) is 0 Å². The van der Waals surface area contributed by atoms with Crippen LogP contribution in [-0.2, 0) is 4.79 Å². The van der Waals surface area contributed by atoms with Crippen LogP contribution < -0.4 is 5.73 Å². The van der Waals surface area contributed by atoms with Crippen molar-refractivity contribution in [1.82, 2.24) is 4.90 Å². The molecule has 0 radical (unpaired) electrons. The van der Waals surface area contributed by atoms with Crippen molar-refractivity contribution in [3.05, 3.63) is 0 Å². The van der Waals surface area contributed by atoms with E-state index < -0.39 is 5.54 Å². The van der Waals surface area contributed by atoms with E-state index in [1.807, 2.05) is 18.7 Å². The first kappa shape index (κ1) is 13.5. The molecule has 0 aromatic carbocycles. The first-order valence-electron chi connectivity index (χ1n) is 6.43. The first-order chi connectivity index (χ1) is 7.34. The number of nitrogens with two attached hydrogens (primary N) is 1. The second kappa shape index (κ2) is 4.74. The lowest BCUT2D eigenvalue weighted by molar-refractivity contribution is -0.138. The molecule has 0 bridgehead atoms. The Balaban J connectivity index is 2.58. The van der Waals surface area contributed by atoms with Gasteiger partial charge in [-0.1, -0.05) is 27.2 Å². The van der Waals surface area contributed by atoms with E-state index in [1.54, 1.807) is 0 Å². The van der Waals surface area contributed by atoms with E-state index in [4.69, 9.17) is 5.73 Å². The molecule has 0 aliphatic carbocycles. The molecule has 3 nitrogen and oxygen atoms in total. The van der Waals surface area contributed by atoms with Crippen LogP contribution in [0.5, 0.6) is 0 Å². The number of hydrogen-bond acceptors (Lipinski definition) is 2. The standard InChI is InChI=1S/C13H26N2O/c1-5-12(3)7-9-15(10-8-12)11(16)13(4,14)6-2/h5-10,14H2,1-4H3. The molecule has 1 atom stereocenters. The van der Waals surface area contributed by atoms with E-state index in [0.717, 1.165) is 25.9 Å². The molecule has 2 N–H and O–H groups in total. The molecule has 1 amide bonds. The summed E-state index contributed by atoms with van der Waals surface area (Å²) in [6.45, 7) is 10.1. The lowest BCUT2D eigenvalue weighted by atomic mass is 9.78. The third-order valence-corrected chi connectivity index (χ3v) is 4.33. The largest absolute Gasteiger partial charge is 0.341 e. The summed E-state index contributed by atoms with van der Waals surface area (Å²) in [7, 11) is 0. The topological polar surface area (TPSA) is 46.3 Å². The summed E-state index contributed by atoms with van der Waals surface area (Å²) in [5.41, 5.74) is 5.74. The highest BCUT2D eigenvalue weighted by Crippen LogP contribution is 2.34. The Bertz CT molecular complexity index is 253. The summed E-state index contributed by atoms with van der Waals surface area (Å²) in [6, 6.07) is 0. The Morgan fingerprint density at radius 1 is 1.38 bits per heavy atom. The molecule has 16 heavy (non-hydrogen) atoms. The van der Waals surface area contributed by atoms with Crippen molar-refractivity contribution in [1.29, 1.82) is 0 Å². The van der Waals surface area contributed by atoms with Gasteiger partial charge in [-0.25, -0.2) is 0 Å².